The molecule has 5 nitrogen and oxygen atoms in total. The molecule has 0 spiro atoms. The smallest absolute Gasteiger partial charge is 0.130 e. The van der Waals surface area contributed by atoms with Gasteiger partial charge in [-0.25, -0.2) is 0 Å². The summed E-state index contributed by atoms with van der Waals surface area (Å²) in [4.78, 5) is 2.50. The molecule has 6 heteroatoms. The minimum Gasteiger partial charge on any atom is -0.379 e. The molecule has 0 radical (unpaired) electrons. The summed E-state index contributed by atoms with van der Waals surface area (Å²) in [7, 11) is 3.91. The average molecular weight is 315 g/mol. The van der Waals surface area contributed by atoms with Gasteiger partial charge in [0.05, 0.1) is 18.9 Å². The lowest BCUT2D eigenvalue weighted by molar-refractivity contribution is -0.0223. The molecule has 21 heavy (non-hydrogen) atoms. The van der Waals surface area contributed by atoms with Crippen LogP contribution in [0.3, 0.4) is 0 Å². The maximum absolute atomic E-state index is 6.39. The van der Waals surface area contributed by atoms with E-state index in [-0.39, 0.29) is 5.54 Å². The summed E-state index contributed by atoms with van der Waals surface area (Å²) in [5, 5.41) is 8.63. The Balaban J connectivity index is 2.18. The van der Waals surface area contributed by atoms with Crippen molar-refractivity contribution in [1.82, 2.24) is 20.0 Å². The number of morpholine rings is 1. The molecule has 1 atom stereocenters. The van der Waals surface area contributed by atoms with Crippen LogP contribution in [0, 0.1) is 6.92 Å². The first-order valence-electron chi connectivity index (χ1n) is 7.56. The van der Waals surface area contributed by atoms with Gasteiger partial charge in [0.2, 0.25) is 0 Å². The van der Waals surface area contributed by atoms with E-state index in [1.54, 1.807) is 4.68 Å². The molecule has 1 aliphatic rings. The third-order valence-electron chi connectivity index (χ3n) is 4.71. The largest absolute Gasteiger partial charge is 0.379 e. The van der Waals surface area contributed by atoms with Crippen LogP contribution in [-0.2, 0) is 18.2 Å². The van der Waals surface area contributed by atoms with Gasteiger partial charge in [-0.2, -0.15) is 5.10 Å². The monoisotopic (exact) mass is 314 g/mol. The lowest BCUT2D eigenvalue weighted by Gasteiger charge is -2.45. The SMILES string of the molecule is CNC(Cc1c(C)nn(C)c1Cl)C(C)(C)N1CCOCC1. The van der Waals surface area contributed by atoms with E-state index in [2.05, 4.69) is 29.2 Å². The molecule has 1 aromatic rings. The maximum Gasteiger partial charge on any atom is 0.130 e. The molecule has 1 unspecified atom stereocenters. The van der Waals surface area contributed by atoms with Crippen molar-refractivity contribution in [2.24, 2.45) is 7.05 Å². The summed E-state index contributed by atoms with van der Waals surface area (Å²) in [5.74, 6) is 0. The molecule has 0 saturated carbocycles. The number of rotatable bonds is 5. The topological polar surface area (TPSA) is 42.3 Å². The fourth-order valence-electron chi connectivity index (χ4n) is 3.17. The molecule has 1 N–H and O–H groups in total. The Morgan fingerprint density at radius 2 is 2.00 bits per heavy atom. The minimum absolute atomic E-state index is 0.0319. The van der Waals surface area contributed by atoms with E-state index in [4.69, 9.17) is 16.3 Å². The Labute approximate surface area is 132 Å². The van der Waals surface area contributed by atoms with Gasteiger partial charge in [-0.15, -0.1) is 0 Å². The molecule has 1 saturated heterocycles. The van der Waals surface area contributed by atoms with E-state index in [9.17, 15) is 0 Å². The van der Waals surface area contributed by atoms with E-state index < -0.39 is 0 Å². The number of hydrogen-bond donors (Lipinski definition) is 1. The average Bonchev–Trinajstić information content (AvgIpc) is 2.71. The standard InChI is InChI=1S/C15H27ClN4O/c1-11-12(14(16)19(5)18-11)10-13(17-4)15(2,3)20-6-8-21-9-7-20/h13,17H,6-10H2,1-5H3. The fourth-order valence-corrected chi connectivity index (χ4v) is 3.43. The Kier molecular flexibility index (Phi) is 5.30. The molecule has 0 amide bonds. The molecule has 2 heterocycles. The van der Waals surface area contributed by atoms with Crippen molar-refractivity contribution in [2.45, 2.75) is 38.8 Å². The van der Waals surface area contributed by atoms with Gasteiger partial charge in [-0.05, 0) is 34.2 Å². The number of hydrogen-bond acceptors (Lipinski definition) is 4. The lowest BCUT2D eigenvalue weighted by Crippen LogP contribution is -2.60. The van der Waals surface area contributed by atoms with E-state index >= 15 is 0 Å². The highest BCUT2D eigenvalue weighted by Gasteiger charge is 2.36. The normalized spacial score (nSPS) is 19.0. The van der Waals surface area contributed by atoms with Crippen molar-refractivity contribution in [3.8, 4) is 0 Å². The molecule has 120 valence electrons. The predicted molar refractivity (Wildman–Crippen MR) is 86.0 cm³/mol. The van der Waals surface area contributed by atoms with Gasteiger partial charge in [-0.1, -0.05) is 11.6 Å². The molecular formula is C15H27ClN4O. The summed E-state index contributed by atoms with van der Waals surface area (Å²) < 4.78 is 7.22. The molecule has 2 rings (SSSR count). The van der Waals surface area contributed by atoms with Gasteiger partial charge in [0.1, 0.15) is 5.15 Å². The number of nitrogens with one attached hydrogen (secondary N) is 1. The zero-order chi connectivity index (χ0) is 15.6. The highest BCUT2D eigenvalue weighted by Crippen LogP contribution is 2.27. The third-order valence-corrected chi connectivity index (χ3v) is 5.18. The van der Waals surface area contributed by atoms with Gasteiger partial charge in [-0.3, -0.25) is 9.58 Å². The minimum atomic E-state index is 0.0319. The van der Waals surface area contributed by atoms with Crippen LogP contribution in [0.2, 0.25) is 5.15 Å². The van der Waals surface area contributed by atoms with Crippen LogP contribution in [0.5, 0.6) is 0 Å². The van der Waals surface area contributed by atoms with Crippen molar-refractivity contribution < 1.29 is 4.74 Å². The fraction of sp³-hybridized carbons (Fsp3) is 0.800. The predicted octanol–water partition coefficient (Wildman–Crippen LogP) is 1.62. The Bertz CT molecular complexity index is 480. The van der Waals surface area contributed by atoms with Crippen LogP contribution in [-0.4, -0.2) is 59.6 Å². The second-order valence-corrected chi connectivity index (χ2v) is 6.63. The van der Waals surface area contributed by atoms with E-state index in [0.717, 1.165) is 49.1 Å². The van der Waals surface area contributed by atoms with Gasteiger partial charge in [0.15, 0.2) is 0 Å². The Morgan fingerprint density at radius 3 is 2.48 bits per heavy atom. The van der Waals surface area contributed by atoms with Gasteiger partial charge in [0.25, 0.3) is 0 Å². The van der Waals surface area contributed by atoms with Crippen LogP contribution in [0.1, 0.15) is 25.1 Å². The summed E-state index contributed by atoms with van der Waals surface area (Å²) >= 11 is 6.39. The first-order chi connectivity index (χ1) is 9.87. The first kappa shape index (κ1) is 16.7. The molecular weight excluding hydrogens is 288 g/mol. The van der Waals surface area contributed by atoms with Crippen LogP contribution in [0.15, 0.2) is 0 Å². The number of aryl methyl sites for hydroxylation is 2. The van der Waals surface area contributed by atoms with Crippen molar-refractivity contribution in [2.75, 3.05) is 33.4 Å². The van der Waals surface area contributed by atoms with Crippen molar-refractivity contribution >= 4 is 11.6 Å². The first-order valence-corrected chi connectivity index (χ1v) is 7.93. The molecule has 1 aromatic heterocycles. The summed E-state index contributed by atoms with van der Waals surface area (Å²) in [5.41, 5.74) is 2.19. The number of halogens is 1. The second-order valence-electron chi connectivity index (χ2n) is 6.28. The van der Waals surface area contributed by atoms with Crippen LogP contribution in [0.4, 0.5) is 0 Å². The molecule has 0 aromatic carbocycles. The van der Waals surface area contributed by atoms with Gasteiger partial charge >= 0.3 is 0 Å². The molecule has 1 fully saturated rings. The number of nitrogens with zero attached hydrogens (tertiary/aromatic N) is 3. The quantitative estimate of drug-likeness (QED) is 0.897. The van der Waals surface area contributed by atoms with Crippen LogP contribution < -0.4 is 5.32 Å². The number of likely N-dealkylation sites (N-methyl/N-ethyl adjacent to an activating group) is 1. The third kappa shape index (κ3) is 3.42. The van der Waals surface area contributed by atoms with Crippen molar-refractivity contribution in [3.05, 3.63) is 16.4 Å². The van der Waals surface area contributed by atoms with E-state index in [0.29, 0.717) is 6.04 Å². The van der Waals surface area contributed by atoms with E-state index in [1.807, 2.05) is 21.0 Å². The molecule has 0 aliphatic carbocycles. The zero-order valence-electron chi connectivity index (χ0n) is 13.7. The Hall–Kier alpha value is -0.620. The van der Waals surface area contributed by atoms with Crippen LogP contribution >= 0.6 is 11.6 Å². The van der Waals surface area contributed by atoms with Crippen molar-refractivity contribution in [1.29, 1.82) is 0 Å². The number of ether oxygens (including phenoxy) is 1. The molecule has 1 aliphatic heterocycles. The van der Waals surface area contributed by atoms with Gasteiger partial charge < -0.3 is 10.1 Å². The van der Waals surface area contributed by atoms with Crippen molar-refractivity contribution in [3.63, 3.8) is 0 Å². The summed E-state index contributed by atoms with van der Waals surface area (Å²) in [6, 6.07) is 0.302. The van der Waals surface area contributed by atoms with Gasteiger partial charge in [0, 0.05) is 37.3 Å². The number of aromatic nitrogens is 2. The summed E-state index contributed by atoms with van der Waals surface area (Å²) in [6.07, 6.45) is 0.874. The second kappa shape index (κ2) is 6.65. The Morgan fingerprint density at radius 1 is 1.38 bits per heavy atom. The van der Waals surface area contributed by atoms with Crippen LogP contribution in [0.25, 0.3) is 0 Å². The highest BCUT2D eigenvalue weighted by atomic mass is 35.5. The maximum atomic E-state index is 6.39. The summed E-state index contributed by atoms with van der Waals surface area (Å²) in [6.45, 7) is 10.2. The zero-order valence-corrected chi connectivity index (χ0v) is 14.5. The highest BCUT2D eigenvalue weighted by molar-refractivity contribution is 6.30. The van der Waals surface area contributed by atoms with E-state index in [1.165, 1.54) is 0 Å². The lowest BCUT2D eigenvalue weighted by atomic mass is 9.87. The molecule has 0 bridgehead atoms.